The first kappa shape index (κ1) is 31.8. The fourth-order valence-electron chi connectivity index (χ4n) is 8.22. The highest BCUT2D eigenvalue weighted by Gasteiger charge is 2.69. The van der Waals surface area contributed by atoms with Crippen molar-refractivity contribution in [2.45, 2.75) is 58.5 Å². The first-order valence-electron chi connectivity index (χ1n) is 17.0. The summed E-state index contributed by atoms with van der Waals surface area (Å²) in [7, 11) is 1.52. The Hall–Kier alpha value is -5.47. The van der Waals surface area contributed by atoms with Crippen LogP contribution in [0.1, 0.15) is 56.1 Å². The minimum absolute atomic E-state index is 0.0346. The summed E-state index contributed by atoms with van der Waals surface area (Å²) in [6, 6.07) is 6.45. The number of aromatic nitrogens is 6. The number of benzene rings is 1. The number of hydrogen-bond acceptors (Lipinski definition) is 11. The van der Waals surface area contributed by atoms with Gasteiger partial charge in [-0.2, -0.15) is 9.50 Å². The molecule has 1 aliphatic heterocycles. The number of hydrogen-bond donors (Lipinski definition) is 2. The van der Waals surface area contributed by atoms with Crippen molar-refractivity contribution in [1.29, 1.82) is 0 Å². The average molecular weight is 682 g/mol. The molecule has 9 rings (SSSR count). The van der Waals surface area contributed by atoms with Gasteiger partial charge in [-0.3, -0.25) is 14.4 Å². The zero-order valence-corrected chi connectivity index (χ0v) is 28.5. The maximum Gasteiger partial charge on any atom is 0.299 e. The Labute approximate surface area is 286 Å². The zero-order valence-electron chi connectivity index (χ0n) is 28.5. The molecule has 2 amide bonds. The number of amides is 2. The predicted molar refractivity (Wildman–Crippen MR) is 182 cm³/mol. The van der Waals surface area contributed by atoms with Crippen LogP contribution >= 0.6 is 0 Å². The van der Waals surface area contributed by atoms with E-state index < -0.39 is 0 Å². The molecule has 2 N–H and O–H groups in total. The van der Waals surface area contributed by atoms with Crippen LogP contribution in [0.2, 0.25) is 0 Å². The highest BCUT2D eigenvalue weighted by atomic mass is 16.5. The van der Waals surface area contributed by atoms with Crippen molar-refractivity contribution in [2.24, 2.45) is 11.3 Å². The second-order valence-electron chi connectivity index (χ2n) is 14.1. The van der Waals surface area contributed by atoms with Crippen LogP contribution in [0.5, 0.6) is 11.6 Å². The standard InChI is InChI=1S/C35H39N9O6/c1-5-23-28(41-10-12-42(13-11-41)31(47)27-24(45)7-6-22-29(27)50-19-37-22)32(48)44-33(38-30(40-44)21-8-9-36-26(14-21)49-4)43(23)15-25(46)39-35-16-34(17-35,18-35)20(2)3/h6-9,14,19-20,45H,5,10-13,15-18H2,1-4H3,(H,39,46). The molecule has 0 unspecified atom stereocenters. The van der Waals surface area contributed by atoms with Gasteiger partial charge in [-0.15, -0.1) is 5.10 Å². The van der Waals surface area contributed by atoms with Crippen molar-refractivity contribution >= 4 is 34.4 Å². The van der Waals surface area contributed by atoms with Gasteiger partial charge in [0, 0.05) is 49.5 Å². The number of nitrogens with zero attached hydrogens (tertiary/aromatic N) is 8. The average Bonchev–Trinajstić information content (AvgIpc) is 3.75. The van der Waals surface area contributed by atoms with Crippen LogP contribution < -0.4 is 20.5 Å². The fraction of sp³-hybridized carbons (Fsp3) is 0.457. The maximum atomic E-state index is 14.3. The quantitative estimate of drug-likeness (QED) is 0.234. The number of oxazole rings is 1. The molecule has 15 heteroatoms. The zero-order chi connectivity index (χ0) is 34.9. The summed E-state index contributed by atoms with van der Waals surface area (Å²) in [5.74, 6) is 0.806. The SMILES string of the molecule is CCc1c(N2CCN(C(=O)c3c(O)ccc4ncoc34)CC2)c(=O)n2nc(-c3ccnc(OC)c3)nc2n1CC(=O)NC12CC(C(C)C)(C1)C2. The Morgan fingerprint density at radius 1 is 1.10 bits per heavy atom. The van der Waals surface area contributed by atoms with E-state index >= 15 is 0 Å². The van der Waals surface area contributed by atoms with Crippen molar-refractivity contribution in [2.75, 3.05) is 38.2 Å². The van der Waals surface area contributed by atoms with Gasteiger partial charge in [-0.1, -0.05) is 20.8 Å². The molecule has 3 aliphatic carbocycles. The van der Waals surface area contributed by atoms with E-state index in [1.54, 1.807) is 33.9 Å². The number of rotatable bonds is 9. The van der Waals surface area contributed by atoms with Crippen LogP contribution in [0.3, 0.4) is 0 Å². The van der Waals surface area contributed by atoms with Gasteiger partial charge in [0.15, 0.2) is 17.8 Å². The van der Waals surface area contributed by atoms with Crippen molar-refractivity contribution < 1.29 is 23.8 Å². The first-order chi connectivity index (χ1) is 24.0. The topological polar surface area (TPSA) is 173 Å². The van der Waals surface area contributed by atoms with Crippen molar-refractivity contribution in [3.8, 4) is 23.0 Å². The molecule has 4 fully saturated rings. The number of phenolic OH excluding ortho intramolecular Hbond substituents is 1. The third-order valence-electron chi connectivity index (χ3n) is 10.9. The summed E-state index contributed by atoms with van der Waals surface area (Å²) < 4.78 is 13.8. The van der Waals surface area contributed by atoms with Crippen LogP contribution in [0.25, 0.3) is 28.3 Å². The maximum absolute atomic E-state index is 14.3. The lowest BCUT2D eigenvalue weighted by Crippen LogP contribution is -2.76. The van der Waals surface area contributed by atoms with E-state index in [9.17, 15) is 19.5 Å². The number of nitrogens with one attached hydrogen (secondary N) is 1. The number of anilines is 1. The summed E-state index contributed by atoms with van der Waals surface area (Å²) in [5.41, 5.74) is 2.24. The Balaban J connectivity index is 1.13. The Morgan fingerprint density at radius 3 is 2.56 bits per heavy atom. The van der Waals surface area contributed by atoms with Gasteiger partial charge in [0.25, 0.3) is 11.5 Å². The van der Waals surface area contributed by atoms with Gasteiger partial charge in [0.2, 0.25) is 17.6 Å². The minimum atomic E-state index is -0.383. The lowest BCUT2D eigenvalue weighted by Gasteiger charge is -2.72. The normalized spacial score (nSPS) is 21.4. The summed E-state index contributed by atoms with van der Waals surface area (Å²) in [4.78, 5) is 58.3. The summed E-state index contributed by atoms with van der Waals surface area (Å²) in [5, 5.41) is 18.5. The Morgan fingerprint density at radius 2 is 1.86 bits per heavy atom. The monoisotopic (exact) mass is 681 g/mol. The molecule has 0 radical (unpaired) electrons. The highest BCUT2D eigenvalue weighted by molar-refractivity contribution is 6.06. The first-order valence-corrected chi connectivity index (χ1v) is 17.0. The number of aromatic hydroxyl groups is 1. The molecule has 4 aliphatic rings. The molecule has 1 aromatic carbocycles. The second-order valence-corrected chi connectivity index (χ2v) is 14.1. The van der Waals surface area contributed by atoms with E-state index in [2.05, 4.69) is 34.2 Å². The van der Waals surface area contributed by atoms with Gasteiger partial charge >= 0.3 is 0 Å². The van der Waals surface area contributed by atoms with E-state index in [0.717, 1.165) is 19.3 Å². The minimum Gasteiger partial charge on any atom is -0.507 e. The number of phenols is 1. The van der Waals surface area contributed by atoms with E-state index in [0.29, 0.717) is 65.0 Å². The molecule has 0 atom stereocenters. The number of carbonyl (C=O) groups excluding carboxylic acids is 2. The van der Waals surface area contributed by atoms with Crippen LogP contribution in [0.15, 0.2) is 46.1 Å². The molecule has 5 aromatic rings. The van der Waals surface area contributed by atoms with Crippen LogP contribution in [0.4, 0.5) is 5.69 Å². The van der Waals surface area contributed by atoms with Crippen molar-refractivity contribution in [1.82, 2.24) is 39.3 Å². The van der Waals surface area contributed by atoms with Crippen molar-refractivity contribution in [3.05, 3.63) is 58.5 Å². The Kier molecular flexibility index (Phi) is 7.35. The summed E-state index contributed by atoms with van der Waals surface area (Å²) >= 11 is 0. The third-order valence-corrected chi connectivity index (χ3v) is 10.9. The summed E-state index contributed by atoms with van der Waals surface area (Å²) in [6.07, 6.45) is 6.23. The molecule has 3 saturated carbocycles. The van der Waals surface area contributed by atoms with Crippen molar-refractivity contribution in [3.63, 3.8) is 0 Å². The molecule has 0 spiro atoms. The second kappa shape index (κ2) is 11.6. The van der Waals surface area contributed by atoms with Crippen LogP contribution in [-0.4, -0.2) is 89.8 Å². The van der Waals surface area contributed by atoms with Gasteiger partial charge in [-0.05, 0) is 55.2 Å². The van der Waals surface area contributed by atoms with Gasteiger partial charge in [0.1, 0.15) is 29.1 Å². The molecule has 15 nitrogen and oxygen atoms in total. The molecular weight excluding hydrogens is 642 g/mol. The number of piperazine rings is 1. The predicted octanol–water partition coefficient (Wildman–Crippen LogP) is 3.03. The number of fused-ring (bicyclic) bond motifs is 2. The number of pyridine rings is 1. The van der Waals surface area contributed by atoms with E-state index in [-0.39, 0.29) is 65.2 Å². The van der Waals surface area contributed by atoms with Gasteiger partial charge in [-0.25, -0.2) is 9.97 Å². The number of methoxy groups -OCH3 is 1. The van der Waals surface area contributed by atoms with Gasteiger partial charge < -0.3 is 33.9 Å². The molecule has 5 heterocycles. The summed E-state index contributed by atoms with van der Waals surface area (Å²) in [6.45, 7) is 7.64. The smallest absolute Gasteiger partial charge is 0.299 e. The van der Waals surface area contributed by atoms with E-state index in [1.165, 1.54) is 24.1 Å². The van der Waals surface area contributed by atoms with Crippen LogP contribution in [-0.2, 0) is 17.8 Å². The molecule has 4 aromatic heterocycles. The fourth-order valence-corrected chi connectivity index (χ4v) is 8.22. The Bertz CT molecular complexity index is 2210. The van der Waals surface area contributed by atoms with Gasteiger partial charge in [0.05, 0.1) is 12.8 Å². The van der Waals surface area contributed by atoms with E-state index in [1.807, 2.05) is 11.8 Å². The van der Waals surface area contributed by atoms with Crippen LogP contribution in [0, 0.1) is 11.3 Å². The third kappa shape index (κ3) is 4.89. The molecule has 2 bridgehead atoms. The molecule has 50 heavy (non-hydrogen) atoms. The highest BCUT2D eigenvalue weighted by Crippen LogP contribution is 2.70. The lowest BCUT2D eigenvalue weighted by atomic mass is 9.36. The lowest BCUT2D eigenvalue weighted by molar-refractivity contribution is -0.187. The largest absolute Gasteiger partial charge is 0.507 e. The molecule has 260 valence electrons. The molecule has 1 saturated heterocycles. The van der Waals surface area contributed by atoms with E-state index in [4.69, 9.17) is 14.1 Å². The number of ether oxygens (including phenoxy) is 1. The molecular formula is C35H39N9O6. The number of carbonyl (C=O) groups is 2.